The van der Waals surface area contributed by atoms with Gasteiger partial charge in [-0.25, -0.2) is 0 Å². The van der Waals surface area contributed by atoms with Crippen LogP contribution in [0.1, 0.15) is 48.5 Å². The molecule has 0 bridgehead atoms. The largest absolute Gasteiger partial charge is 0.385 e. The summed E-state index contributed by atoms with van der Waals surface area (Å²) in [6.07, 6.45) is 3.71. The van der Waals surface area contributed by atoms with Crippen molar-refractivity contribution >= 4 is 0 Å². The molecule has 0 amide bonds. The minimum absolute atomic E-state index is 0.363. The molecule has 0 radical (unpaired) electrons. The summed E-state index contributed by atoms with van der Waals surface area (Å²) in [5, 5.41) is 10.7. The Morgan fingerprint density at radius 1 is 1.24 bits per heavy atom. The number of benzene rings is 1. The van der Waals surface area contributed by atoms with E-state index in [0.717, 1.165) is 31.2 Å². The Bertz CT molecular complexity index is 392. The fraction of sp³-hybridized carbons (Fsp3) is 0.600. The van der Waals surface area contributed by atoms with Crippen molar-refractivity contribution in [3.05, 3.63) is 34.9 Å². The van der Waals surface area contributed by atoms with Gasteiger partial charge in [0.2, 0.25) is 0 Å². The Labute approximate surface area is 104 Å². The lowest BCUT2D eigenvalue weighted by atomic mass is 9.86. The van der Waals surface area contributed by atoms with Gasteiger partial charge in [-0.15, -0.1) is 0 Å². The molecular formula is C15H22O2. The van der Waals surface area contributed by atoms with Gasteiger partial charge in [0, 0.05) is 7.11 Å². The van der Waals surface area contributed by atoms with Gasteiger partial charge in [0.05, 0.1) is 5.60 Å². The van der Waals surface area contributed by atoms with E-state index in [4.69, 9.17) is 4.74 Å². The molecule has 2 heteroatoms. The zero-order valence-corrected chi connectivity index (χ0v) is 11.0. The maximum atomic E-state index is 10.7. The van der Waals surface area contributed by atoms with Crippen LogP contribution in [-0.4, -0.2) is 17.8 Å². The molecule has 0 saturated heterocycles. The van der Waals surface area contributed by atoms with Gasteiger partial charge < -0.3 is 9.84 Å². The van der Waals surface area contributed by atoms with Gasteiger partial charge in [0.15, 0.2) is 0 Å². The fourth-order valence-corrected chi connectivity index (χ4v) is 2.92. The summed E-state index contributed by atoms with van der Waals surface area (Å²) in [6.45, 7) is 4.16. The molecule has 1 aromatic rings. The number of ether oxygens (including phenoxy) is 1. The van der Waals surface area contributed by atoms with Gasteiger partial charge in [-0.2, -0.15) is 0 Å². The predicted octanol–water partition coefficient (Wildman–Crippen LogP) is 3.30. The molecule has 1 aliphatic rings. The Morgan fingerprint density at radius 3 is 2.47 bits per heavy atom. The van der Waals surface area contributed by atoms with Crippen LogP contribution in [0.2, 0.25) is 0 Å². The number of aryl methyl sites for hydroxylation is 1. The highest BCUT2D eigenvalue weighted by Gasteiger charge is 2.42. The second-order valence-electron chi connectivity index (χ2n) is 5.17. The van der Waals surface area contributed by atoms with Crippen LogP contribution in [0.15, 0.2) is 18.2 Å². The molecular weight excluding hydrogens is 212 g/mol. The lowest BCUT2D eigenvalue weighted by molar-refractivity contribution is -0.100. The van der Waals surface area contributed by atoms with Crippen LogP contribution in [0.5, 0.6) is 0 Å². The molecule has 94 valence electrons. The fourth-order valence-electron chi connectivity index (χ4n) is 2.92. The van der Waals surface area contributed by atoms with Crippen LogP contribution >= 0.6 is 0 Å². The molecule has 1 atom stereocenters. The Kier molecular flexibility index (Phi) is 3.55. The van der Waals surface area contributed by atoms with E-state index in [2.05, 4.69) is 19.9 Å². The molecule has 2 nitrogen and oxygen atoms in total. The molecule has 0 heterocycles. The average Bonchev–Trinajstić information content (AvgIpc) is 2.82. The third-order valence-electron chi connectivity index (χ3n) is 4.30. The third-order valence-corrected chi connectivity index (χ3v) is 4.30. The van der Waals surface area contributed by atoms with Crippen LogP contribution in [0.3, 0.4) is 0 Å². The van der Waals surface area contributed by atoms with Gasteiger partial charge in [-0.05, 0) is 43.4 Å². The normalized spacial score (nSPS) is 20.5. The molecule has 1 saturated carbocycles. The van der Waals surface area contributed by atoms with Crippen LogP contribution in [0, 0.1) is 13.8 Å². The minimum atomic E-state index is -0.505. The maximum Gasteiger partial charge on any atom is 0.108 e. The van der Waals surface area contributed by atoms with Gasteiger partial charge in [0.1, 0.15) is 6.10 Å². The molecule has 1 unspecified atom stereocenters. The van der Waals surface area contributed by atoms with Crippen molar-refractivity contribution in [2.24, 2.45) is 0 Å². The van der Waals surface area contributed by atoms with E-state index < -0.39 is 6.10 Å². The first-order chi connectivity index (χ1) is 8.10. The van der Waals surface area contributed by atoms with E-state index in [1.807, 2.05) is 12.1 Å². The second-order valence-corrected chi connectivity index (χ2v) is 5.17. The van der Waals surface area contributed by atoms with E-state index in [1.165, 1.54) is 11.1 Å². The number of hydrogen-bond donors (Lipinski definition) is 1. The Balaban J connectivity index is 2.35. The first-order valence-electron chi connectivity index (χ1n) is 6.40. The summed E-state index contributed by atoms with van der Waals surface area (Å²) in [6, 6.07) is 6.12. The van der Waals surface area contributed by atoms with Crippen LogP contribution in [0.4, 0.5) is 0 Å². The molecule has 1 N–H and O–H groups in total. The van der Waals surface area contributed by atoms with Crippen LogP contribution < -0.4 is 0 Å². The van der Waals surface area contributed by atoms with Gasteiger partial charge in [-0.1, -0.05) is 31.0 Å². The smallest absolute Gasteiger partial charge is 0.108 e. The predicted molar refractivity (Wildman–Crippen MR) is 69.1 cm³/mol. The first-order valence-corrected chi connectivity index (χ1v) is 6.40. The first kappa shape index (κ1) is 12.6. The van der Waals surface area contributed by atoms with Crippen LogP contribution in [-0.2, 0) is 4.74 Å². The average molecular weight is 234 g/mol. The van der Waals surface area contributed by atoms with Crippen molar-refractivity contribution in [2.45, 2.75) is 51.2 Å². The van der Waals surface area contributed by atoms with Crippen molar-refractivity contribution < 1.29 is 9.84 Å². The maximum absolute atomic E-state index is 10.7. The number of hydrogen-bond acceptors (Lipinski definition) is 2. The molecule has 1 aromatic carbocycles. The van der Waals surface area contributed by atoms with Crippen molar-refractivity contribution in [3.8, 4) is 0 Å². The van der Waals surface area contributed by atoms with Gasteiger partial charge >= 0.3 is 0 Å². The third kappa shape index (κ3) is 2.12. The summed E-state index contributed by atoms with van der Waals surface area (Å²) in [7, 11) is 1.72. The lowest BCUT2D eigenvalue weighted by Crippen LogP contribution is -2.35. The number of aliphatic hydroxyl groups excluding tert-OH is 1. The number of aliphatic hydroxyl groups is 1. The van der Waals surface area contributed by atoms with Gasteiger partial charge in [0.25, 0.3) is 0 Å². The van der Waals surface area contributed by atoms with E-state index >= 15 is 0 Å². The summed E-state index contributed by atoms with van der Waals surface area (Å²) in [4.78, 5) is 0. The molecule has 17 heavy (non-hydrogen) atoms. The van der Waals surface area contributed by atoms with Crippen molar-refractivity contribution in [1.29, 1.82) is 0 Å². The zero-order valence-electron chi connectivity index (χ0n) is 11.0. The molecule has 1 fully saturated rings. The highest BCUT2D eigenvalue weighted by Crippen LogP contribution is 2.43. The van der Waals surface area contributed by atoms with E-state index in [1.54, 1.807) is 7.11 Å². The monoisotopic (exact) mass is 234 g/mol. The molecule has 1 aliphatic carbocycles. The van der Waals surface area contributed by atoms with Crippen molar-refractivity contribution in [2.75, 3.05) is 7.11 Å². The molecule has 0 spiro atoms. The SMILES string of the molecule is COC1(C(O)c2cccc(C)c2C)CCCC1. The molecule has 0 aromatic heterocycles. The van der Waals surface area contributed by atoms with E-state index in [-0.39, 0.29) is 5.60 Å². The van der Waals surface area contributed by atoms with Crippen LogP contribution in [0.25, 0.3) is 0 Å². The van der Waals surface area contributed by atoms with Crippen molar-refractivity contribution in [3.63, 3.8) is 0 Å². The highest BCUT2D eigenvalue weighted by molar-refractivity contribution is 5.36. The summed E-state index contributed by atoms with van der Waals surface area (Å²) < 4.78 is 5.66. The summed E-state index contributed by atoms with van der Waals surface area (Å²) in [5.41, 5.74) is 3.07. The summed E-state index contributed by atoms with van der Waals surface area (Å²) in [5.74, 6) is 0. The second kappa shape index (κ2) is 4.79. The molecule has 0 aliphatic heterocycles. The van der Waals surface area contributed by atoms with Gasteiger partial charge in [-0.3, -0.25) is 0 Å². The topological polar surface area (TPSA) is 29.5 Å². The van der Waals surface area contributed by atoms with E-state index in [9.17, 15) is 5.11 Å². The Hall–Kier alpha value is -0.860. The molecule has 2 rings (SSSR count). The quantitative estimate of drug-likeness (QED) is 0.869. The van der Waals surface area contributed by atoms with E-state index in [0.29, 0.717) is 0 Å². The number of methoxy groups -OCH3 is 1. The van der Waals surface area contributed by atoms with Crippen molar-refractivity contribution in [1.82, 2.24) is 0 Å². The Morgan fingerprint density at radius 2 is 1.88 bits per heavy atom. The standard InChI is InChI=1S/C15H22O2/c1-11-7-6-8-13(12(11)2)14(16)15(17-3)9-4-5-10-15/h6-8,14,16H,4-5,9-10H2,1-3H3. The zero-order chi connectivity index (χ0) is 12.5. The lowest BCUT2D eigenvalue weighted by Gasteiger charge is -2.34. The highest BCUT2D eigenvalue weighted by atomic mass is 16.5. The minimum Gasteiger partial charge on any atom is -0.385 e. The number of rotatable bonds is 3. The summed E-state index contributed by atoms with van der Waals surface area (Å²) >= 11 is 0.